The molecule has 18 heavy (non-hydrogen) atoms. The first-order valence-electron chi connectivity index (χ1n) is 6.75. The third kappa shape index (κ3) is 3.71. The van der Waals surface area contributed by atoms with Gasteiger partial charge in [-0.1, -0.05) is 23.7 Å². The number of halogens is 1. The summed E-state index contributed by atoms with van der Waals surface area (Å²) in [5.74, 6) is 0. The molecule has 100 valence electrons. The molecule has 0 aliphatic carbocycles. The lowest BCUT2D eigenvalue weighted by Crippen LogP contribution is -2.39. The SMILES string of the molecule is CC(Cc1cccc(Cl)c1)NC1CC(C)N(C)C1. The maximum atomic E-state index is 6.01. The van der Waals surface area contributed by atoms with Crippen LogP contribution in [-0.2, 0) is 6.42 Å². The van der Waals surface area contributed by atoms with Crippen molar-refractivity contribution < 1.29 is 0 Å². The summed E-state index contributed by atoms with van der Waals surface area (Å²) in [7, 11) is 2.20. The summed E-state index contributed by atoms with van der Waals surface area (Å²) in [5, 5.41) is 4.55. The zero-order valence-electron chi connectivity index (χ0n) is 11.5. The predicted molar refractivity (Wildman–Crippen MR) is 78.3 cm³/mol. The molecule has 2 nitrogen and oxygen atoms in total. The summed E-state index contributed by atoms with van der Waals surface area (Å²) in [6.45, 7) is 5.70. The molecule has 3 unspecified atom stereocenters. The monoisotopic (exact) mass is 266 g/mol. The van der Waals surface area contributed by atoms with Crippen LogP contribution in [0.25, 0.3) is 0 Å². The minimum absolute atomic E-state index is 0.493. The maximum absolute atomic E-state index is 6.01. The van der Waals surface area contributed by atoms with E-state index in [-0.39, 0.29) is 0 Å². The average molecular weight is 267 g/mol. The first kappa shape index (κ1) is 13.9. The van der Waals surface area contributed by atoms with Crippen molar-refractivity contribution in [2.75, 3.05) is 13.6 Å². The Morgan fingerprint density at radius 1 is 1.50 bits per heavy atom. The lowest BCUT2D eigenvalue weighted by atomic mass is 10.1. The van der Waals surface area contributed by atoms with E-state index < -0.39 is 0 Å². The molecular formula is C15H23ClN2. The van der Waals surface area contributed by atoms with E-state index in [0.717, 1.165) is 18.0 Å². The van der Waals surface area contributed by atoms with Crippen LogP contribution in [0.15, 0.2) is 24.3 Å². The molecule has 0 saturated carbocycles. The van der Waals surface area contributed by atoms with Gasteiger partial charge in [0.15, 0.2) is 0 Å². The van der Waals surface area contributed by atoms with Gasteiger partial charge in [0.05, 0.1) is 0 Å². The minimum Gasteiger partial charge on any atom is -0.310 e. The zero-order valence-corrected chi connectivity index (χ0v) is 12.2. The van der Waals surface area contributed by atoms with Crippen molar-refractivity contribution in [2.24, 2.45) is 0 Å². The number of likely N-dealkylation sites (N-methyl/N-ethyl adjacent to an activating group) is 1. The molecular weight excluding hydrogens is 244 g/mol. The van der Waals surface area contributed by atoms with E-state index in [0.29, 0.717) is 18.1 Å². The van der Waals surface area contributed by atoms with Crippen molar-refractivity contribution in [3.63, 3.8) is 0 Å². The van der Waals surface area contributed by atoms with Crippen molar-refractivity contribution >= 4 is 11.6 Å². The van der Waals surface area contributed by atoms with Crippen LogP contribution in [0.4, 0.5) is 0 Å². The van der Waals surface area contributed by atoms with Crippen LogP contribution < -0.4 is 5.32 Å². The number of nitrogens with zero attached hydrogens (tertiary/aromatic N) is 1. The molecule has 1 saturated heterocycles. The Hall–Kier alpha value is -0.570. The Morgan fingerprint density at radius 3 is 2.89 bits per heavy atom. The molecule has 1 aromatic carbocycles. The minimum atomic E-state index is 0.493. The molecule has 0 bridgehead atoms. The summed E-state index contributed by atoms with van der Waals surface area (Å²) >= 11 is 6.01. The van der Waals surface area contributed by atoms with Crippen LogP contribution in [0.3, 0.4) is 0 Å². The summed E-state index contributed by atoms with van der Waals surface area (Å²) in [6.07, 6.45) is 2.28. The van der Waals surface area contributed by atoms with Gasteiger partial charge in [-0.15, -0.1) is 0 Å². The highest BCUT2D eigenvalue weighted by molar-refractivity contribution is 6.30. The Labute approximate surface area is 115 Å². The van der Waals surface area contributed by atoms with Gasteiger partial charge < -0.3 is 10.2 Å². The molecule has 0 amide bonds. The second-order valence-electron chi connectivity index (χ2n) is 5.62. The second kappa shape index (κ2) is 6.05. The average Bonchev–Trinajstić information content (AvgIpc) is 2.57. The third-order valence-electron chi connectivity index (χ3n) is 3.84. The molecule has 1 fully saturated rings. The maximum Gasteiger partial charge on any atom is 0.0408 e. The van der Waals surface area contributed by atoms with Gasteiger partial charge in [-0.05, 0) is 51.4 Å². The van der Waals surface area contributed by atoms with E-state index >= 15 is 0 Å². The molecule has 3 heteroatoms. The topological polar surface area (TPSA) is 15.3 Å². The van der Waals surface area contributed by atoms with E-state index in [9.17, 15) is 0 Å². The Kier molecular flexibility index (Phi) is 4.66. The number of nitrogens with one attached hydrogen (secondary N) is 1. The van der Waals surface area contributed by atoms with Gasteiger partial charge in [0, 0.05) is 29.7 Å². The number of benzene rings is 1. The van der Waals surface area contributed by atoms with Crippen molar-refractivity contribution in [3.05, 3.63) is 34.9 Å². The van der Waals surface area contributed by atoms with Gasteiger partial charge >= 0.3 is 0 Å². The Morgan fingerprint density at radius 2 is 2.28 bits per heavy atom. The lowest BCUT2D eigenvalue weighted by Gasteiger charge is -2.19. The normalized spacial score (nSPS) is 26.4. The quantitative estimate of drug-likeness (QED) is 0.902. The van der Waals surface area contributed by atoms with E-state index in [4.69, 9.17) is 11.6 Å². The fourth-order valence-electron chi connectivity index (χ4n) is 2.79. The molecule has 1 aliphatic rings. The van der Waals surface area contributed by atoms with Crippen LogP contribution in [0.2, 0.25) is 5.02 Å². The van der Waals surface area contributed by atoms with E-state index in [1.54, 1.807) is 0 Å². The number of hydrogen-bond donors (Lipinski definition) is 1. The highest BCUT2D eigenvalue weighted by atomic mass is 35.5. The Bertz CT molecular complexity index is 384. The summed E-state index contributed by atoms with van der Waals surface area (Å²) < 4.78 is 0. The first-order valence-corrected chi connectivity index (χ1v) is 7.13. The Balaban J connectivity index is 1.84. The van der Waals surface area contributed by atoms with Gasteiger partial charge in [-0.3, -0.25) is 0 Å². The fourth-order valence-corrected chi connectivity index (χ4v) is 3.01. The third-order valence-corrected chi connectivity index (χ3v) is 4.07. The van der Waals surface area contributed by atoms with Crippen molar-refractivity contribution in [2.45, 2.75) is 44.8 Å². The fraction of sp³-hybridized carbons (Fsp3) is 0.600. The van der Waals surface area contributed by atoms with Gasteiger partial charge in [0.25, 0.3) is 0 Å². The zero-order chi connectivity index (χ0) is 13.1. The van der Waals surface area contributed by atoms with Crippen LogP contribution in [0, 0.1) is 0 Å². The van der Waals surface area contributed by atoms with Gasteiger partial charge in [-0.2, -0.15) is 0 Å². The number of likely N-dealkylation sites (tertiary alicyclic amines) is 1. The molecule has 1 aromatic rings. The highest BCUT2D eigenvalue weighted by Gasteiger charge is 2.26. The predicted octanol–water partition coefficient (Wildman–Crippen LogP) is 2.95. The molecule has 0 aromatic heterocycles. The van der Waals surface area contributed by atoms with E-state index in [1.807, 2.05) is 12.1 Å². The smallest absolute Gasteiger partial charge is 0.0408 e. The van der Waals surface area contributed by atoms with Crippen LogP contribution >= 0.6 is 11.6 Å². The molecule has 2 rings (SSSR count). The van der Waals surface area contributed by atoms with Crippen molar-refractivity contribution in [1.82, 2.24) is 10.2 Å². The van der Waals surface area contributed by atoms with Crippen molar-refractivity contribution in [1.29, 1.82) is 0 Å². The highest BCUT2D eigenvalue weighted by Crippen LogP contribution is 2.17. The largest absolute Gasteiger partial charge is 0.310 e. The van der Waals surface area contributed by atoms with Gasteiger partial charge in [0.1, 0.15) is 0 Å². The summed E-state index contributed by atoms with van der Waals surface area (Å²) in [5.41, 5.74) is 1.31. The van der Waals surface area contributed by atoms with Crippen LogP contribution in [0.1, 0.15) is 25.8 Å². The molecule has 0 spiro atoms. The van der Waals surface area contributed by atoms with Crippen LogP contribution in [-0.4, -0.2) is 36.6 Å². The van der Waals surface area contributed by atoms with Crippen molar-refractivity contribution in [3.8, 4) is 0 Å². The summed E-state index contributed by atoms with van der Waals surface area (Å²) in [6, 6.07) is 9.97. The van der Waals surface area contributed by atoms with Gasteiger partial charge in [-0.25, -0.2) is 0 Å². The second-order valence-corrected chi connectivity index (χ2v) is 6.06. The molecule has 3 atom stereocenters. The lowest BCUT2D eigenvalue weighted by molar-refractivity contribution is 0.324. The number of hydrogen-bond acceptors (Lipinski definition) is 2. The van der Waals surface area contributed by atoms with E-state index in [1.165, 1.54) is 12.0 Å². The molecule has 0 radical (unpaired) electrons. The molecule has 1 aliphatic heterocycles. The summed E-state index contributed by atoms with van der Waals surface area (Å²) in [4.78, 5) is 2.42. The molecule has 1 heterocycles. The molecule has 1 N–H and O–H groups in total. The van der Waals surface area contributed by atoms with Gasteiger partial charge in [0.2, 0.25) is 0 Å². The van der Waals surface area contributed by atoms with E-state index in [2.05, 4.69) is 43.2 Å². The first-order chi connectivity index (χ1) is 8.54. The van der Waals surface area contributed by atoms with Crippen LogP contribution in [0.5, 0.6) is 0 Å². The number of rotatable bonds is 4. The standard InChI is InChI=1S/C15H23ClN2/c1-11(7-13-5-4-6-14(16)9-13)17-15-8-12(2)18(3)10-15/h4-6,9,11-12,15,17H,7-8,10H2,1-3H3.